The predicted octanol–water partition coefficient (Wildman–Crippen LogP) is 5.07. The molecule has 0 aliphatic heterocycles. The number of alkyl halides is 3. The Morgan fingerprint density at radius 1 is 1.04 bits per heavy atom. The number of rotatable bonds is 3. The Bertz CT molecular complexity index is 989. The van der Waals surface area contributed by atoms with Gasteiger partial charge in [-0.2, -0.15) is 18.3 Å². The van der Waals surface area contributed by atoms with E-state index in [2.05, 4.69) is 10.4 Å². The maximum Gasteiger partial charge on any atom is 0.416 e. The second kappa shape index (κ2) is 6.90. The van der Waals surface area contributed by atoms with E-state index in [1.54, 1.807) is 18.5 Å². The van der Waals surface area contributed by atoms with Crippen LogP contribution >= 0.6 is 0 Å². The van der Waals surface area contributed by atoms with Gasteiger partial charge in [0.05, 0.1) is 28.3 Å². The van der Waals surface area contributed by atoms with Crippen molar-refractivity contribution >= 4 is 11.6 Å². The highest BCUT2D eigenvalue weighted by molar-refractivity contribution is 6.05. The highest BCUT2D eigenvalue weighted by Gasteiger charge is 2.31. The Morgan fingerprint density at radius 2 is 1.70 bits per heavy atom. The van der Waals surface area contributed by atoms with E-state index >= 15 is 0 Å². The number of benzene rings is 2. The zero-order chi connectivity index (χ0) is 19.8. The number of carbonyl (C=O) groups excluding carboxylic acids is 1. The molecule has 1 aromatic heterocycles. The second-order valence-corrected chi connectivity index (χ2v) is 6.33. The van der Waals surface area contributed by atoms with Gasteiger partial charge in [-0.25, -0.2) is 4.68 Å². The van der Waals surface area contributed by atoms with Crippen molar-refractivity contribution in [1.82, 2.24) is 9.78 Å². The smallest absolute Gasteiger partial charge is 0.319 e. The number of anilines is 1. The number of aryl methyl sites for hydroxylation is 2. The SMILES string of the molecule is Cc1ccc(-n2nc(C)c(NC(=O)c3cccc(C(F)(F)F)c3)c2C)cc1. The molecule has 7 heteroatoms. The fourth-order valence-corrected chi connectivity index (χ4v) is 2.78. The van der Waals surface area contributed by atoms with Gasteiger partial charge in [0.2, 0.25) is 0 Å². The average molecular weight is 373 g/mol. The summed E-state index contributed by atoms with van der Waals surface area (Å²) in [6.45, 7) is 5.51. The molecule has 0 fully saturated rings. The van der Waals surface area contributed by atoms with Gasteiger partial charge < -0.3 is 5.32 Å². The third-order valence-corrected chi connectivity index (χ3v) is 4.26. The molecule has 1 heterocycles. The van der Waals surface area contributed by atoms with Gasteiger partial charge in [-0.15, -0.1) is 0 Å². The van der Waals surface area contributed by atoms with Gasteiger partial charge in [0.1, 0.15) is 0 Å². The average Bonchev–Trinajstić information content (AvgIpc) is 2.90. The van der Waals surface area contributed by atoms with E-state index in [0.717, 1.165) is 23.4 Å². The lowest BCUT2D eigenvalue weighted by Gasteiger charge is -2.10. The Balaban J connectivity index is 1.90. The third kappa shape index (κ3) is 3.86. The molecular weight excluding hydrogens is 355 g/mol. The van der Waals surface area contributed by atoms with Crippen molar-refractivity contribution in [3.8, 4) is 5.69 Å². The van der Waals surface area contributed by atoms with Crippen molar-refractivity contribution in [3.05, 3.63) is 76.6 Å². The first-order valence-electron chi connectivity index (χ1n) is 8.28. The zero-order valence-corrected chi connectivity index (χ0v) is 15.1. The largest absolute Gasteiger partial charge is 0.416 e. The Kier molecular flexibility index (Phi) is 4.78. The molecular formula is C20H18F3N3O. The van der Waals surface area contributed by atoms with Gasteiger partial charge in [-0.05, 0) is 51.1 Å². The lowest BCUT2D eigenvalue weighted by atomic mass is 10.1. The highest BCUT2D eigenvalue weighted by Crippen LogP contribution is 2.30. The molecule has 4 nitrogen and oxygen atoms in total. The molecule has 0 bridgehead atoms. The van der Waals surface area contributed by atoms with Crippen LogP contribution in [0.4, 0.5) is 18.9 Å². The number of aromatic nitrogens is 2. The van der Waals surface area contributed by atoms with Gasteiger partial charge >= 0.3 is 6.18 Å². The summed E-state index contributed by atoms with van der Waals surface area (Å²) < 4.78 is 40.3. The summed E-state index contributed by atoms with van der Waals surface area (Å²) in [5, 5.41) is 7.12. The molecule has 2 aromatic carbocycles. The van der Waals surface area contributed by atoms with Crippen LogP contribution in [-0.2, 0) is 6.18 Å². The van der Waals surface area contributed by atoms with Crippen LogP contribution in [0.5, 0.6) is 0 Å². The molecule has 0 aliphatic rings. The van der Waals surface area contributed by atoms with Crippen LogP contribution < -0.4 is 5.32 Å². The van der Waals surface area contributed by atoms with E-state index < -0.39 is 17.6 Å². The molecule has 3 aromatic rings. The monoisotopic (exact) mass is 373 g/mol. The van der Waals surface area contributed by atoms with Gasteiger partial charge in [-0.1, -0.05) is 23.8 Å². The number of carbonyl (C=O) groups is 1. The minimum absolute atomic E-state index is 0.0632. The highest BCUT2D eigenvalue weighted by atomic mass is 19.4. The first kappa shape index (κ1) is 18.7. The van der Waals surface area contributed by atoms with E-state index in [1.807, 2.05) is 31.2 Å². The van der Waals surface area contributed by atoms with Crippen LogP contribution in [0.3, 0.4) is 0 Å². The molecule has 0 atom stereocenters. The van der Waals surface area contributed by atoms with Crippen LogP contribution in [0.25, 0.3) is 5.69 Å². The second-order valence-electron chi connectivity index (χ2n) is 6.33. The molecule has 3 rings (SSSR count). The van der Waals surface area contributed by atoms with Crippen molar-refractivity contribution in [2.45, 2.75) is 26.9 Å². The minimum Gasteiger partial charge on any atom is -0.319 e. The Morgan fingerprint density at radius 3 is 2.33 bits per heavy atom. The molecule has 0 unspecified atom stereocenters. The quantitative estimate of drug-likeness (QED) is 0.697. The fraction of sp³-hybridized carbons (Fsp3) is 0.200. The maximum atomic E-state index is 12.9. The number of hydrogen-bond donors (Lipinski definition) is 1. The topological polar surface area (TPSA) is 46.9 Å². The summed E-state index contributed by atoms with van der Waals surface area (Å²) in [4.78, 5) is 12.5. The van der Waals surface area contributed by atoms with E-state index in [4.69, 9.17) is 0 Å². The molecule has 0 spiro atoms. The minimum atomic E-state index is -4.50. The van der Waals surface area contributed by atoms with Gasteiger partial charge in [-0.3, -0.25) is 4.79 Å². The predicted molar refractivity (Wildman–Crippen MR) is 97.2 cm³/mol. The first-order valence-corrected chi connectivity index (χ1v) is 8.28. The van der Waals surface area contributed by atoms with E-state index in [0.29, 0.717) is 17.1 Å². The maximum absolute atomic E-state index is 12.9. The normalized spacial score (nSPS) is 11.5. The van der Waals surface area contributed by atoms with E-state index in [1.165, 1.54) is 12.1 Å². The summed E-state index contributed by atoms with van der Waals surface area (Å²) in [6, 6.07) is 12.1. The van der Waals surface area contributed by atoms with Gasteiger partial charge in [0, 0.05) is 5.56 Å². The van der Waals surface area contributed by atoms with Crippen LogP contribution in [0.15, 0.2) is 48.5 Å². The van der Waals surface area contributed by atoms with E-state index in [-0.39, 0.29) is 5.56 Å². The van der Waals surface area contributed by atoms with Crippen LogP contribution in [0.1, 0.15) is 32.9 Å². The number of nitrogens with zero attached hydrogens (tertiary/aromatic N) is 2. The third-order valence-electron chi connectivity index (χ3n) is 4.26. The van der Waals surface area contributed by atoms with Crippen molar-refractivity contribution < 1.29 is 18.0 Å². The van der Waals surface area contributed by atoms with Gasteiger partial charge in [0.25, 0.3) is 5.91 Å². The number of halogens is 3. The molecule has 1 N–H and O–H groups in total. The number of amides is 1. The van der Waals surface area contributed by atoms with Crippen molar-refractivity contribution in [3.63, 3.8) is 0 Å². The number of nitrogens with one attached hydrogen (secondary N) is 1. The van der Waals surface area contributed by atoms with Crippen molar-refractivity contribution in [2.24, 2.45) is 0 Å². The molecule has 0 saturated heterocycles. The molecule has 0 saturated carbocycles. The van der Waals surface area contributed by atoms with Crippen LogP contribution in [0.2, 0.25) is 0 Å². The summed E-state index contributed by atoms with van der Waals surface area (Å²) in [5.74, 6) is -0.615. The summed E-state index contributed by atoms with van der Waals surface area (Å²) in [5.41, 5.74) is 2.77. The zero-order valence-electron chi connectivity index (χ0n) is 15.1. The number of hydrogen-bond acceptors (Lipinski definition) is 2. The van der Waals surface area contributed by atoms with Crippen LogP contribution in [0, 0.1) is 20.8 Å². The van der Waals surface area contributed by atoms with E-state index in [9.17, 15) is 18.0 Å². The molecule has 0 aliphatic carbocycles. The summed E-state index contributed by atoms with van der Waals surface area (Å²) in [6.07, 6.45) is -4.50. The Hall–Kier alpha value is -3.09. The molecule has 27 heavy (non-hydrogen) atoms. The standard InChI is InChI=1S/C20H18F3N3O/c1-12-7-9-17(10-8-12)26-14(3)18(13(2)25-26)24-19(27)15-5-4-6-16(11-15)20(21,22)23/h4-11H,1-3H3,(H,24,27). The van der Waals surface area contributed by atoms with Crippen molar-refractivity contribution in [1.29, 1.82) is 0 Å². The van der Waals surface area contributed by atoms with Crippen LogP contribution in [-0.4, -0.2) is 15.7 Å². The van der Waals surface area contributed by atoms with Crippen molar-refractivity contribution in [2.75, 3.05) is 5.32 Å². The summed E-state index contributed by atoms with van der Waals surface area (Å²) >= 11 is 0. The molecule has 0 radical (unpaired) electrons. The fourth-order valence-electron chi connectivity index (χ4n) is 2.78. The van der Waals surface area contributed by atoms with Gasteiger partial charge in [0.15, 0.2) is 0 Å². The lowest BCUT2D eigenvalue weighted by Crippen LogP contribution is -2.15. The lowest BCUT2D eigenvalue weighted by molar-refractivity contribution is -0.137. The summed E-state index contributed by atoms with van der Waals surface area (Å²) in [7, 11) is 0. The molecule has 1 amide bonds. The first-order chi connectivity index (χ1) is 12.7. The Labute approximate surface area is 154 Å². The molecule has 140 valence electrons.